The Labute approximate surface area is 92.9 Å². The lowest BCUT2D eigenvalue weighted by Gasteiger charge is -2.18. The van der Waals surface area contributed by atoms with E-state index >= 15 is 0 Å². The monoisotopic (exact) mass is 220 g/mol. The molecule has 0 radical (unpaired) electrons. The van der Waals surface area contributed by atoms with E-state index in [1.807, 2.05) is 17.5 Å². The van der Waals surface area contributed by atoms with E-state index in [2.05, 4.69) is 6.07 Å². The van der Waals surface area contributed by atoms with E-state index < -0.39 is 5.41 Å². The first-order valence-corrected chi connectivity index (χ1v) is 5.75. The van der Waals surface area contributed by atoms with Gasteiger partial charge in [-0.05, 0) is 24.3 Å². The number of rotatable bonds is 3. The molecule has 0 atom stereocenters. The lowest BCUT2D eigenvalue weighted by molar-refractivity contribution is -0.134. The Morgan fingerprint density at radius 3 is 2.93 bits per heavy atom. The summed E-state index contributed by atoms with van der Waals surface area (Å²) in [5.74, 6) is -0.0293. The van der Waals surface area contributed by atoms with Crippen LogP contribution in [0, 0.1) is 16.7 Å². The Balaban J connectivity index is 2.00. The Hall–Kier alpha value is -1.34. The van der Waals surface area contributed by atoms with Gasteiger partial charge in [0.25, 0.3) is 0 Å². The minimum atomic E-state index is -0.688. The first-order chi connectivity index (χ1) is 7.18. The van der Waals surface area contributed by atoms with Crippen LogP contribution in [0.1, 0.15) is 17.7 Å². The minimum absolute atomic E-state index is 0.0293. The highest BCUT2D eigenvalue weighted by Gasteiger charge is 2.51. The van der Waals surface area contributed by atoms with Gasteiger partial charge in [-0.25, -0.2) is 0 Å². The maximum atomic E-state index is 11.9. The van der Waals surface area contributed by atoms with Gasteiger partial charge in [0.1, 0.15) is 5.41 Å². The fourth-order valence-corrected chi connectivity index (χ4v) is 2.33. The first kappa shape index (κ1) is 10.2. The van der Waals surface area contributed by atoms with Gasteiger partial charge in [0.05, 0.1) is 12.6 Å². The molecule has 2 rings (SSSR count). The van der Waals surface area contributed by atoms with Crippen molar-refractivity contribution in [3.8, 4) is 6.07 Å². The molecule has 1 saturated carbocycles. The van der Waals surface area contributed by atoms with E-state index in [-0.39, 0.29) is 5.91 Å². The van der Waals surface area contributed by atoms with Crippen molar-refractivity contribution in [1.82, 2.24) is 4.90 Å². The molecule has 1 amide bonds. The zero-order chi connectivity index (χ0) is 10.9. The van der Waals surface area contributed by atoms with Gasteiger partial charge in [0.2, 0.25) is 5.91 Å². The SMILES string of the molecule is CN(Cc1cccs1)C(=O)C1(C#N)CC1. The van der Waals surface area contributed by atoms with Gasteiger partial charge in [0, 0.05) is 11.9 Å². The summed E-state index contributed by atoms with van der Waals surface area (Å²) in [7, 11) is 1.76. The van der Waals surface area contributed by atoms with Crippen LogP contribution in [0.25, 0.3) is 0 Å². The van der Waals surface area contributed by atoms with Gasteiger partial charge in [-0.3, -0.25) is 4.79 Å². The Morgan fingerprint density at radius 2 is 2.47 bits per heavy atom. The summed E-state index contributed by atoms with van der Waals surface area (Å²) in [5, 5.41) is 10.9. The lowest BCUT2D eigenvalue weighted by Crippen LogP contribution is -2.32. The van der Waals surface area contributed by atoms with Gasteiger partial charge in [-0.1, -0.05) is 6.07 Å². The van der Waals surface area contributed by atoms with Gasteiger partial charge >= 0.3 is 0 Å². The highest BCUT2D eigenvalue weighted by molar-refractivity contribution is 7.09. The van der Waals surface area contributed by atoms with Crippen LogP contribution in [0.2, 0.25) is 0 Å². The van der Waals surface area contributed by atoms with Crippen LogP contribution in [0.15, 0.2) is 17.5 Å². The molecule has 15 heavy (non-hydrogen) atoms. The van der Waals surface area contributed by atoms with Crippen molar-refractivity contribution in [3.63, 3.8) is 0 Å². The van der Waals surface area contributed by atoms with E-state index in [4.69, 9.17) is 5.26 Å². The highest BCUT2D eigenvalue weighted by Crippen LogP contribution is 2.46. The molecule has 0 spiro atoms. The molecule has 0 aliphatic heterocycles. The summed E-state index contributed by atoms with van der Waals surface area (Å²) in [5.41, 5.74) is -0.688. The number of hydrogen-bond acceptors (Lipinski definition) is 3. The maximum Gasteiger partial charge on any atom is 0.243 e. The van der Waals surface area contributed by atoms with Crippen molar-refractivity contribution in [3.05, 3.63) is 22.4 Å². The van der Waals surface area contributed by atoms with Crippen molar-refractivity contribution in [2.45, 2.75) is 19.4 Å². The second-order valence-corrected chi connectivity index (χ2v) is 4.97. The lowest BCUT2D eigenvalue weighted by atomic mass is 10.1. The van der Waals surface area contributed by atoms with Crippen LogP contribution >= 0.6 is 11.3 Å². The molecule has 1 aromatic heterocycles. The molecule has 1 heterocycles. The summed E-state index contributed by atoms with van der Waals surface area (Å²) in [4.78, 5) is 14.7. The number of hydrogen-bond donors (Lipinski definition) is 0. The van der Waals surface area contributed by atoms with Crippen molar-refractivity contribution in [2.75, 3.05) is 7.05 Å². The van der Waals surface area contributed by atoms with E-state index in [1.165, 1.54) is 0 Å². The third-order valence-corrected chi connectivity index (χ3v) is 3.55. The maximum absolute atomic E-state index is 11.9. The number of carbonyl (C=O) groups is 1. The smallest absolute Gasteiger partial charge is 0.243 e. The molecule has 1 aliphatic carbocycles. The Morgan fingerprint density at radius 1 is 1.73 bits per heavy atom. The largest absolute Gasteiger partial charge is 0.339 e. The number of nitrogens with zero attached hydrogens (tertiary/aromatic N) is 2. The Kier molecular flexibility index (Phi) is 2.49. The van der Waals surface area contributed by atoms with Crippen LogP contribution in [-0.2, 0) is 11.3 Å². The number of carbonyl (C=O) groups excluding carboxylic acids is 1. The molecule has 1 aliphatic rings. The molecule has 0 N–H and O–H groups in total. The number of thiophene rings is 1. The average molecular weight is 220 g/mol. The molecule has 0 aromatic carbocycles. The highest BCUT2D eigenvalue weighted by atomic mass is 32.1. The summed E-state index contributed by atoms with van der Waals surface area (Å²) in [6.07, 6.45) is 1.44. The van der Waals surface area contributed by atoms with E-state index in [9.17, 15) is 4.79 Å². The van der Waals surface area contributed by atoms with Crippen molar-refractivity contribution >= 4 is 17.2 Å². The van der Waals surface area contributed by atoms with E-state index in [0.29, 0.717) is 6.54 Å². The van der Waals surface area contributed by atoms with Crippen molar-refractivity contribution < 1.29 is 4.79 Å². The molecular formula is C11H12N2OS. The predicted molar refractivity (Wildman–Crippen MR) is 58.1 cm³/mol. The standard InChI is InChI=1S/C11H12N2OS/c1-13(7-9-3-2-6-15-9)10(14)11(8-12)4-5-11/h2-3,6H,4-5,7H2,1H3. The van der Waals surface area contributed by atoms with Crippen LogP contribution in [0.5, 0.6) is 0 Å². The summed E-state index contributed by atoms with van der Waals surface area (Å²) in [6.45, 7) is 0.611. The quantitative estimate of drug-likeness (QED) is 0.782. The molecule has 78 valence electrons. The zero-order valence-electron chi connectivity index (χ0n) is 8.56. The van der Waals surface area contributed by atoms with Crippen LogP contribution in [0.3, 0.4) is 0 Å². The van der Waals surface area contributed by atoms with Gasteiger partial charge in [-0.2, -0.15) is 5.26 Å². The molecule has 1 fully saturated rings. The molecule has 1 aromatic rings. The molecule has 0 bridgehead atoms. The summed E-state index contributed by atoms with van der Waals surface area (Å²) >= 11 is 1.63. The molecule has 4 heteroatoms. The second kappa shape index (κ2) is 3.67. The van der Waals surface area contributed by atoms with Gasteiger partial charge in [0.15, 0.2) is 0 Å². The molecule has 3 nitrogen and oxygen atoms in total. The van der Waals surface area contributed by atoms with Crippen LogP contribution < -0.4 is 0 Å². The van der Waals surface area contributed by atoms with Crippen LogP contribution in [0.4, 0.5) is 0 Å². The number of amides is 1. The predicted octanol–water partition coefficient (Wildman–Crippen LogP) is 2.01. The minimum Gasteiger partial charge on any atom is -0.339 e. The van der Waals surface area contributed by atoms with E-state index in [1.54, 1.807) is 23.3 Å². The fraction of sp³-hybridized carbons (Fsp3) is 0.455. The summed E-state index contributed by atoms with van der Waals surface area (Å²) in [6, 6.07) is 6.09. The van der Waals surface area contributed by atoms with Gasteiger partial charge in [-0.15, -0.1) is 11.3 Å². The second-order valence-electron chi connectivity index (χ2n) is 3.93. The summed E-state index contributed by atoms with van der Waals surface area (Å²) < 4.78 is 0. The third kappa shape index (κ3) is 1.88. The topological polar surface area (TPSA) is 44.1 Å². The third-order valence-electron chi connectivity index (χ3n) is 2.69. The van der Waals surface area contributed by atoms with Crippen molar-refractivity contribution in [2.24, 2.45) is 5.41 Å². The normalized spacial score (nSPS) is 16.8. The molecule has 0 saturated heterocycles. The zero-order valence-corrected chi connectivity index (χ0v) is 9.38. The first-order valence-electron chi connectivity index (χ1n) is 4.87. The molecule has 0 unspecified atom stereocenters. The van der Waals surface area contributed by atoms with Gasteiger partial charge < -0.3 is 4.90 Å². The van der Waals surface area contributed by atoms with E-state index in [0.717, 1.165) is 17.7 Å². The Bertz CT molecular complexity index is 401. The fourth-order valence-electron chi connectivity index (χ4n) is 1.57. The van der Waals surface area contributed by atoms with Crippen molar-refractivity contribution in [1.29, 1.82) is 5.26 Å². The molecular weight excluding hydrogens is 208 g/mol. The number of nitriles is 1. The average Bonchev–Trinajstić information content (AvgIpc) is 2.89. The van der Waals surface area contributed by atoms with Crippen LogP contribution in [-0.4, -0.2) is 17.9 Å².